The molecule has 0 aliphatic carbocycles. The maximum Gasteiger partial charge on any atom is 0.293 e. The van der Waals surface area contributed by atoms with E-state index in [-0.39, 0.29) is 17.9 Å². The van der Waals surface area contributed by atoms with Gasteiger partial charge in [0.15, 0.2) is 0 Å². The van der Waals surface area contributed by atoms with Crippen LogP contribution in [0, 0.1) is 10.1 Å². The number of benzene rings is 1. The molecule has 0 aromatic heterocycles. The molecule has 0 spiro atoms. The van der Waals surface area contributed by atoms with E-state index in [0.29, 0.717) is 18.5 Å². The Hall–Kier alpha value is -1.95. The second kappa shape index (κ2) is 7.39. The van der Waals surface area contributed by atoms with Crippen LogP contribution in [-0.2, 0) is 0 Å². The highest BCUT2D eigenvalue weighted by Gasteiger charge is 2.13. The van der Waals surface area contributed by atoms with Crippen LogP contribution in [0.4, 0.5) is 11.4 Å². The Kier molecular flexibility index (Phi) is 5.79. The van der Waals surface area contributed by atoms with E-state index in [2.05, 4.69) is 5.32 Å². The molecule has 0 radical (unpaired) electrons. The van der Waals surface area contributed by atoms with Crippen molar-refractivity contribution in [2.45, 2.75) is 19.3 Å². The number of nitrogens with one attached hydrogen (secondary N) is 1. The van der Waals surface area contributed by atoms with Gasteiger partial charge >= 0.3 is 0 Å². The summed E-state index contributed by atoms with van der Waals surface area (Å²) >= 11 is 0. The van der Waals surface area contributed by atoms with Crippen molar-refractivity contribution in [3.63, 3.8) is 0 Å². The number of anilines is 1. The third-order valence-corrected chi connectivity index (χ3v) is 2.50. The van der Waals surface area contributed by atoms with Crippen molar-refractivity contribution in [1.82, 2.24) is 0 Å². The van der Waals surface area contributed by atoms with Crippen LogP contribution in [0.5, 0.6) is 0 Å². The van der Waals surface area contributed by atoms with Gasteiger partial charge < -0.3 is 10.4 Å². The predicted molar refractivity (Wildman–Crippen MR) is 67.9 cm³/mol. The van der Waals surface area contributed by atoms with Crippen LogP contribution in [-0.4, -0.2) is 29.5 Å². The monoisotopic (exact) mass is 252 g/mol. The molecule has 0 saturated carbocycles. The zero-order valence-electron chi connectivity index (χ0n) is 9.96. The second-order valence-corrected chi connectivity index (χ2v) is 3.86. The normalized spacial score (nSPS) is 10.1. The van der Waals surface area contributed by atoms with Crippen molar-refractivity contribution >= 4 is 17.7 Å². The van der Waals surface area contributed by atoms with E-state index >= 15 is 0 Å². The second-order valence-electron chi connectivity index (χ2n) is 3.86. The Morgan fingerprint density at radius 1 is 1.33 bits per heavy atom. The Morgan fingerprint density at radius 2 is 2.11 bits per heavy atom. The van der Waals surface area contributed by atoms with Crippen molar-refractivity contribution in [2.24, 2.45) is 0 Å². The molecule has 0 bridgehead atoms. The number of hydrogen-bond donors (Lipinski definition) is 2. The largest absolute Gasteiger partial charge is 0.396 e. The lowest BCUT2D eigenvalue weighted by molar-refractivity contribution is -0.384. The predicted octanol–water partition coefficient (Wildman–Crippen LogP) is 1.98. The molecule has 0 aliphatic rings. The molecule has 0 fully saturated rings. The highest BCUT2D eigenvalue weighted by Crippen LogP contribution is 2.24. The van der Waals surface area contributed by atoms with E-state index in [4.69, 9.17) is 5.11 Å². The van der Waals surface area contributed by atoms with Gasteiger partial charge in [-0.2, -0.15) is 0 Å². The number of aldehydes is 1. The van der Waals surface area contributed by atoms with Crippen molar-refractivity contribution in [3.8, 4) is 0 Å². The zero-order valence-corrected chi connectivity index (χ0v) is 9.96. The van der Waals surface area contributed by atoms with Gasteiger partial charge in [0.1, 0.15) is 12.0 Å². The van der Waals surface area contributed by atoms with Crippen LogP contribution in [0.1, 0.15) is 29.6 Å². The Morgan fingerprint density at radius 3 is 2.72 bits per heavy atom. The summed E-state index contributed by atoms with van der Waals surface area (Å²) in [5.41, 5.74) is 0.601. The summed E-state index contributed by atoms with van der Waals surface area (Å²) in [4.78, 5) is 20.9. The fraction of sp³-hybridized carbons (Fsp3) is 0.417. The Bertz CT molecular complexity index is 421. The van der Waals surface area contributed by atoms with Crippen molar-refractivity contribution in [3.05, 3.63) is 33.9 Å². The highest BCUT2D eigenvalue weighted by atomic mass is 16.6. The molecule has 1 aromatic rings. The number of rotatable bonds is 8. The smallest absolute Gasteiger partial charge is 0.293 e. The standard InChI is InChI=1S/C12H16N2O4/c15-7-3-1-2-6-13-11-5-4-10(9-16)8-12(11)14(17)18/h4-5,8-9,13,15H,1-3,6-7H2. The lowest BCUT2D eigenvalue weighted by atomic mass is 10.2. The van der Waals surface area contributed by atoms with Crippen LogP contribution in [0.2, 0.25) is 0 Å². The number of nitro groups is 1. The number of aliphatic hydroxyl groups excluding tert-OH is 1. The number of hydrogen-bond acceptors (Lipinski definition) is 5. The average molecular weight is 252 g/mol. The summed E-state index contributed by atoms with van der Waals surface area (Å²) in [6.45, 7) is 0.759. The molecule has 0 saturated heterocycles. The molecule has 0 aliphatic heterocycles. The van der Waals surface area contributed by atoms with Gasteiger partial charge in [0.05, 0.1) is 4.92 Å². The first-order valence-corrected chi connectivity index (χ1v) is 5.77. The molecule has 0 amide bonds. The lowest BCUT2D eigenvalue weighted by Gasteiger charge is -2.07. The first kappa shape index (κ1) is 14.1. The summed E-state index contributed by atoms with van der Waals surface area (Å²) in [5, 5.41) is 22.4. The van der Waals surface area contributed by atoms with Gasteiger partial charge in [0.2, 0.25) is 0 Å². The summed E-state index contributed by atoms with van der Waals surface area (Å²) in [5.74, 6) is 0. The van der Waals surface area contributed by atoms with Gasteiger partial charge in [0.25, 0.3) is 5.69 Å². The van der Waals surface area contributed by atoms with E-state index in [9.17, 15) is 14.9 Å². The maximum atomic E-state index is 10.8. The highest BCUT2D eigenvalue weighted by molar-refractivity contribution is 5.79. The summed E-state index contributed by atoms with van der Waals surface area (Å²) in [6, 6.07) is 4.33. The van der Waals surface area contributed by atoms with E-state index in [1.807, 2.05) is 0 Å². The van der Waals surface area contributed by atoms with Crippen molar-refractivity contribution in [2.75, 3.05) is 18.5 Å². The molecule has 0 unspecified atom stereocenters. The number of unbranched alkanes of at least 4 members (excludes halogenated alkanes) is 2. The Labute approximate surface area is 105 Å². The molecule has 1 rings (SSSR count). The van der Waals surface area contributed by atoms with E-state index in [0.717, 1.165) is 19.3 Å². The van der Waals surface area contributed by atoms with Gasteiger partial charge in [-0.15, -0.1) is 0 Å². The molecule has 2 N–H and O–H groups in total. The topological polar surface area (TPSA) is 92.5 Å². The van der Waals surface area contributed by atoms with Crippen LogP contribution in [0.25, 0.3) is 0 Å². The number of nitro benzene ring substituents is 1. The number of aliphatic hydroxyl groups is 1. The minimum absolute atomic E-state index is 0.0956. The molecular weight excluding hydrogens is 236 g/mol. The minimum Gasteiger partial charge on any atom is -0.396 e. The first-order chi connectivity index (χ1) is 8.69. The summed E-state index contributed by atoms with van der Waals surface area (Å²) in [7, 11) is 0. The van der Waals surface area contributed by atoms with Crippen LogP contribution in [0.15, 0.2) is 18.2 Å². The third kappa shape index (κ3) is 4.14. The summed E-state index contributed by atoms with van der Waals surface area (Å²) in [6.07, 6.45) is 3.00. The SMILES string of the molecule is O=Cc1ccc(NCCCCCO)c([N+](=O)[O-])c1. The number of carbonyl (C=O) groups is 1. The van der Waals surface area contributed by atoms with Gasteiger partial charge in [-0.05, 0) is 31.4 Å². The molecule has 98 valence electrons. The first-order valence-electron chi connectivity index (χ1n) is 5.77. The summed E-state index contributed by atoms with van der Waals surface area (Å²) < 4.78 is 0. The quantitative estimate of drug-likeness (QED) is 0.319. The zero-order chi connectivity index (χ0) is 13.4. The van der Waals surface area contributed by atoms with Gasteiger partial charge in [-0.3, -0.25) is 14.9 Å². The molecule has 18 heavy (non-hydrogen) atoms. The maximum absolute atomic E-state index is 10.8. The van der Waals surface area contributed by atoms with Crippen LogP contribution >= 0.6 is 0 Å². The van der Waals surface area contributed by atoms with Crippen LogP contribution in [0.3, 0.4) is 0 Å². The van der Waals surface area contributed by atoms with Crippen LogP contribution < -0.4 is 5.32 Å². The van der Waals surface area contributed by atoms with E-state index in [1.165, 1.54) is 18.2 Å². The fourth-order valence-electron chi connectivity index (χ4n) is 1.56. The molecule has 1 aromatic carbocycles. The minimum atomic E-state index is -0.511. The lowest BCUT2D eigenvalue weighted by Crippen LogP contribution is -2.05. The molecule has 6 heteroatoms. The van der Waals surface area contributed by atoms with Gasteiger partial charge in [-0.1, -0.05) is 0 Å². The molecule has 0 atom stereocenters. The van der Waals surface area contributed by atoms with Gasteiger partial charge in [0, 0.05) is 24.8 Å². The molecular formula is C12H16N2O4. The van der Waals surface area contributed by atoms with Crippen molar-refractivity contribution < 1.29 is 14.8 Å². The average Bonchev–Trinajstić information content (AvgIpc) is 2.38. The van der Waals surface area contributed by atoms with Crippen molar-refractivity contribution in [1.29, 1.82) is 0 Å². The Balaban J connectivity index is 2.64. The fourth-order valence-corrected chi connectivity index (χ4v) is 1.56. The third-order valence-electron chi connectivity index (χ3n) is 2.50. The van der Waals surface area contributed by atoms with E-state index < -0.39 is 4.92 Å². The molecule has 0 heterocycles. The number of carbonyl (C=O) groups excluding carboxylic acids is 1. The molecule has 6 nitrogen and oxygen atoms in total. The van der Waals surface area contributed by atoms with E-state index in [1.54, 1.807) is 0 Å². The van der Waals surface area contributed by atoms with Gasteiger partial charge in [-0.25, -0.2) is 0 Å². The number of nitrogens with zero attached hydrogens (tertiary/aromatic N) is 1.